The van der Waals surface area contributed by atoms with E-state index in [2.05, 4.69) is 118 Å². The number of ether oxygens (including phenoxy) is 4. The molecule has 0 unspecified atom stereocenters. The van der Waals surface area contributed by atoms with E-state index in [-0.39, 0.29) is 80.7 Å². The zero-order chi connectivity index (χ0) is 91.1. The lowest BCUT2D eigenvalue weighted by Gasteiger charge is -2.39. The molecule has 10 aromatic rings. The first-order chi connectivity index (χ1) is 62.1. The third-order valence-corrected chi connectivity index (χ3v) is 30.4. The summed E-state index contributed by atoms with van der Waals surface area (Å²) in [6.45, 7) is 24.0. The van der Waals surface area contributed by atoms with Crippen molar-refractivity contribution in [2.75, 3.05) is 128 Å². The second-order valence-corrected chi connectivity index (χ2v) is 42.2. The minimum Gasteiger partial charge on any atom is -0.493 e. The van der Waals surface area contributed by atoms with Gasteiger partial charge in [0.1, 0.15) is 45.8 Å². The number of H-pyrrole nitrogens is 2. The van der Waals surface area contributed by atoms with Crippen LogP contribution in [-0.2, 0) is 32.9 Å². The third-order valence-electron chi connectivity index (χ3n) is 27.2. The molecule has 2 atom stereocenters. The number of hydrogen-bond acceptors (Lipinski definition) is 23. The number of halogens is 2. The van der Waals surface area contributed by atoms with Crippen LogP contribution >= 0.6 is 23.2 Å². The van der Waals surface area contributed by atoms with Gasteiger partial charge in [-0.25, -0.2) is 36.2 Å². The van der Waals surface area contributed by atoms with Gasteiger partial charge in [0.15, 0.2) is 0 Å². The first-order valence-electron chi connectivity index (χ1n) is 44.7. The van der Waals surface area contributed by atoms with Crippen LogP contribution in [0.1, 0.15) is 142 Å². The van der Waals surface area contributed by atoms with E-state index >= 15 is 0 Å². The Morgan fingerprint density at radius 3 is 1.42 bits per heavy atom. The molecule has 9 heterocycles. The summed E-state index contributed by atoms with van der Waals surface area (Å²) in [6, 6.07) is 38.3. The number of aromatic nitrogens is 4. The van der Waals surface area contributed by atoms with Gasteiger partial charge in [0, 0.05) is 191 Å². The van der Waals surface area contributed by atoms with Crippen molar-refractivity contribution < 1.29 is 60.3 Å². The number of likely N-dealkylation sites (N-methyl/N-ethyl adjacent to an activating group) is 1. The number of nitro groups is 2. The first-order valence-corrected chi connectivity index (χ1v) is 48.4. The highest BCUT2D eigenvalue weighted by Gasteiger charge is 2.41. The van der Waals surface area contributed by atoms with Gasteiger partial charge in [0.25, 0.3) is 43.2 Å². The summed E-state index contributed by atoms with van der Waals surface area (Å²) in [4.78, 5) is 79.9. The Labute approximate surface area is 766 Å². The molecular formula is C97H110Cl2N14O15S2. The third kappa shape index (κ3) is 21.1. The zero-order valence-electron chi connectivity index (χ0n) is 74.0. The molecule has 8 aliphatic rings. The number of nitro benzene ring substituents is 2. The highest BCUT2D eigenvalue weighted by atomic mass is 35.5. The van der Waals surface area contributed by atoms with Gasteiger partial charge in [-0.3, -0.25) is 39.6 Å². The summed E-state index contributed by atoms with van der Waals surface area (Å²) in [6.07, 6.45) is 16.5. The number of fused-ring (bicyclic) bond motifs is 4. The number of allylic oxidation sites excluding steroid dienone is 2. The summed E-state index contributed by atoms with van der Waals surface area (Å²) in [5, 5.41) is 38.3. The topological polar surface area (TPSA) is 347 Å². The van der Waals surface area contributed by atoms with Gasteiger partial charge in [-0.15, -0.1) is 0 Å². The number of piperazine rings is 3. The summed E-state index contributed by atoms with van der Waals surface area (Å²) < 4.78 is 84.9. The van der Waals surface area contributed by atoms with Gasteiger partial charge >= 0.3 is 0 Å². The number of carbonyl (C=O) groups is 2. The average molecular weight is 1850 g/mol. The van der Waals surface area contributed by atoms with E-state index in [0.29, 0.717) is 79.3 Å². The number of benzene rings is 6. The van der Waals surface area contributed by atoms with Crippen LogP contribution < -0.4 is 38.2 Å². The molecule has 130 heavy (non-hydrogen) atoms. The molecule has 0 radical (unpaired) electrons. The van der Waals surface area contributed by atoms with Crippen molar-refractivity contribution in [2.45, 2.75) is 127 Å². The van der Waals surface area contributed by atoms with Crippen LogP contribution in [0.15, 0.2) is 179 Å². The van der Waals surface area contributed by atoms with Gasteiger partial charge in [0.05, 0.1) is 73.1 Å². The molecule has 4 aromatic heterocycles. The van der Waals surface area contributed by atoms with Crippen molar-refractivity contribution in [3.63, 3.8) is 0 Å². The predicted octanol–water partition coefficient (Wildman–Crippen LogP) is 16.9. The number of anilines is 2. The summed E-state index contributed by atoms with van der Waals surface area (Å²) in [5.41, 5.74) is 10.7. The molecule has 3 aliphatic carbocycles. The van der Waals surface area contributed by atoms with Crippen LogP contribution in [-0.4, -0.2) is 207 Å². The largest absolute Gasteiger partial charge is 0.493 e. The zero-order valence-corrected chi connectivity index (χ0v) is 77.1. The van der Waals surface area contributed by atoms with Crippen LogP contribution in [0.2, 0.25) is 10.0 Å². The molecule has 33 heteroatoms. The van der Waals surface area contributed by atoms with Crippen LogP contribution in [0.4, 0.5) is 22.7 Å². The van der Waals surface area contributed by atoms with Gasteiger partial charge in [-0.1, -0.05) is 86.3 Å². The van der Waals surface area contributed by atoms with E-state index in [1.807, 2.05) is 43.3 Å². The minimum absolute atomic E-state index is 0.00573. The smallest absolute Gasteiger partial charge is 0.277 e. The van der Waals surface area contributed by atoms with Crippen molar-refractivity contribution in [3.05, 3.63) is 233 Å². The van der Waals surface area contributed by atoms with Gasteiger partial charge in [-0.2, -0.15) is 0 Å². The highest BCUT2D eigenvalue weighted by Crippen LogP contribution is 2.49. The number of rotatable bonds is 23. The summed E-state index contributed by atoms with van der Waals surface area (Å²) >= 11 is 12.5. The van der Waals surface area contributed by atoms with Crippen molar-refractivity contribution >= 4 is 111 Å². The van der Waals surface area contributed by atoms with Gasteiger partial charge in [0.2, 0.25) is 0 Å². The van der Waals surface area contributed by atoms with Crippen molar-refractivity contribution in [1.29, 1.82) is 0 Å². The van der Waals surface area contributed by atoms with E-state index < -0.39 is 57.1 Å². The standard InChI is InChI=1S/C49H55ClN6O8S.C48H55ClN8O7S/c1-48(2)14-10-34(42(27-48)32-4-6-36(50)7-5-32)29-54-18-20-55(21-19-54)37-8-9-40(45(24-37)64-38-22-33-13-17-51-46(33)52-28-38)47(57)53-65(61,62)39-25-43(56(59)60)41-23-35(30-63-44(41)26-39)31-11-15-49(3,58)16-12-31;1-48(2)12-10-35(42(27-48)33-4-6-36(49)7-5-33)30-55-18-20-56(21-19-55)37-8-9-40(45(24-37)64-38-23-34-11-13-50-46(34)51-28-38)47(58)52-65(61,62)39-25-43(57(59)60)41-22-32(31-63-44(41)26-39)29-54-16-14-53(3)15-17-54/h4-9,13,17,22,24-26,28,31,35,58H,10-12,14-16,18-21,23,27,29-30H2,1-3H3,(H,51,52)(H,53,57);4-9,11,13,23-26,28,32H,10,12,14-22,27,29-31H2,1-3H3,(H,50,51)(H,52,58)/t31?,35-,49?;32-/m01/s1. The molecule has 5 aliphatic heterocycles. The van der Waals surface area contributed by atoms with E-state index in [0.717, 1.165) is 181 Å². The number of sulfonamides is 2. The van der Waals surface area contributed by atoms with E-state index in [9.17, 15) is 51.8 Å². The maximum atomic E-state index is 14.1. The lowest BCUT2D eigenvalue weighted by molar-refractivity contribution is -0.386. The van der Waals surface area contributed by atoms with Gasteiger partial charge < -0.3 is 53.6 Å². The normalized spacial score (nSPS) is 21.2. The van der Waals surface area contributed by atoms with E-state index in [1.54, 1.807) is 60.9 Å². The molecule has 2 amide bonds. The Kier molecular flexibility index (Phi) is 26.4. The second-order valence-electron chi connectivity index (χ2n) is 37.9. The fourth-order valence-electron chi connectivity index (χ4n) is 19.6. The maximum Gasteiger partial charge on any atom is 0.277 e. The molecule has 684 valence electrons. The molecule has 0 spiro atoms. The van der Waals surface area contributed by atoms with Crippen molar-refractivity contribution in [3.8, 4) is 34.5 Å². The molecule has 5 N–H and O–H groups in total. The number of pyridine rings is 2. The Balaban J connectivity index is 0.000000182. The number of amides is 2. The molecule has 0 bridgehead atoms. The SMILES string of the molecule is CC1(C)CCC(CN2CCN(c3ccc(C(=O)NS(=O)(=O)c4cc5c(c([N+](=O)[O-])c4)C[C@H](C4CCC(C)(O)CC4)CO5)c(Oc4cnc5[nH]ccc5c4)c3)CC2)=C(c2ccc(Cl)cc2)C1.CN1CCN(C[C@@H]2COc3cc(S(=O)(=O)NC(=O)c4ccc(N5CCN(CC6=C(c7ccc(Cl)cc7)CC(C)(C)CC6)CC5)cc4Oc4cnc5[nH]ccc5c4)cc([N+](=O)[O-])c3C2)CC1. The predicted molar refractivity (Wildman–Crippen MR) is 502 cm³/mol. The summed E-state index contributed by atoms with van der Waals surface area (Å²) in [7, 11) is -7.18. The van der Waals surface area contributed by atoms with Crippen LogP contribution in [0.3, 0.4) is 0 Å². The second kappa shape index (κ2) is 37.7. The Bertz CT molecular complexity index is 6270. The van der Waals surface area contributed by atoms with Crippen LogP contribution in [0, 0.1) is 48.8 Å². The number of nitrogens with zero attached hydrogens (tertiary/aromatic N) is 10. The fourth-order valence-corrected chi connectivity index (χ4v) is 21.8. The number of aliphatic hydroxyl groups is 1. The fraction of sp³-hybridized carbons (Fsp3) is 0.423. The van der Waals surface area contributed by atoms with E-state index in [1.165, 1.54) is 57.9 Å². The molecule has 18 rings (SSSR count). The monoisotopic (exact) mass is 1840 g/mol. The molecule has 4 fully saturated rings. The Hall–Kier alpha value is -11.0. The quantitative estimate of drug-likeness (QED) is 0.0293. The number of carbonyl (C=O) groups excluding carboxylic acids is 2. The molecule has 29 nitrogen and oxygen atoms in total. The molecule has 6 aromatic carbocycles. The molecular weight excluding hydrogens is 1740 g/mol. The molecule has 1 saturated carbocycles. The highest BCUT2D eigenvalue weighted by molar-refractivity contribution is 7.90. The van der Waals surface area contributed by atoms with Crippen molar-refractivity contribution in [1.82, 2.24) is 49.0 Å². The first kappa shape index (κ1) is 90.9. The van der Waals surface area contributed by atoms with Crippen molar-refractivity contribution in [2.24, 2.45) is 28.6 Å². The van der Waals surface area contributed by atoms with E-state index in [4.69, 9.17) is 42.1 Å². The maximum absolute atomic E-state index is 14.1. The van der Waals surface area contributed by atoms with Crippen LogP contribution in [0.5, 0.6) is 34.5 Å². The molecule has 3 saturated heterocycles. The minimum atomic E-state index is -4.64. The average Bonchev–Trinajstić information content (AvgIpc) is 0.877. The Morgan fingerprint density at radius 2 is 0.969 bits per heavy atom. The lowest BCUT2D eigenvalue weighted by atomic mass is 9.72. The number of nitrogens with one attached hydrogen (secondary N) is 4. The lowest BCUT2D eigenvalue weighted by Crippen LogP contribution is -2.47. The summed E-state index contributed by atoms with van der Waals surface area (Å²) in [5.74, 6) is -0.549. The van der Waals surface area contributed by atoms with Gasteiger partial charge in [-0.05, 0) is 203 Å². The number of aromatic amines is 2. The number of hydrogen-bond donors (Lipinski definition) is 5. The Morgan fingerprint density at radius 1 is 0.538 bits per heavy atom. The van der Waals surface area contributed by atoms with Crippen LogP contribution in [0.25, 0.3) is 33.2 Å².